The van der Waals surface area contributed by atoms with Gasteiger partial charge in [-0.2, -0.15) is 0 Å². The molecule has 0 N–H and O–H groups in total. The van der Waals surface area contributed by atoms with Gasteiger partial charge in [-0.25, -0.2) is 0 Å². The second-order valence-corrected chi connectivity index (χ2v) is 2.14. The van der Waals surface area contributed by atoms with Crippen molar-refractivity contribution in [2.45, 2.75) is 19.8 Å². The second kappa shape index (κ2) is 2.76. The number of ether oxygens (including phenoxy) is 2. The molecule has 2 nitrogen and oxygen atoms in total. The van der Waals surface area contributed by atoms with Crippen LogP contribution in [0.1, 0.15) is 19.8 Å². The van der Waals surface area contributed by atoms with Crippen molar-refractivity contribution in [1.29, 1.82) is 0 Å². The maximum Gasteiger partial charge on any atom is 0.133 e. The predicted molar refractivity (Wildman–Crippen MR) is 34.9 cm³/mol. The van der Waals surface area contributed by atoms with Crippen LogP contribution in [0.25, 0.3) is 0 Å². The highest BCUT2D eigenvalue weighted by molar-refractivity contribution is 5.00. The standard InChI is InChI=1S/C7H12O2/c1-6(8-2)7-4-3-5-9-7/h3-5H2,1-2H3/b7-6+. The SMILES string of the molecule is CO/C(C)=C1\CCCO1. The maximum absolute atomic E-state index is 5.26. The van der Waals surface area contributed by atoms with Crippen molar-refractivity contribution in [3.8, 4) is 0 Å². The summed E-state index contributed by atoms with van der Waals surface area (Å²) in [5.74, 6) is 1.95. The van der Waals surface area contributed by atoms with Crippen molar-refractivity contribution in [3.63, 3.8) is 0 Å². The third-order valence-corrected chi connectivity index (χ3v) is 1.52. The summed E-state index contributed by atoms with van der Waals surface area (Å²) in [6, 6.07) is 0. The molecule has 1 saturated heterocycles. The Hall–Kier alpha value is -0.660. The minimum Gasteiger partial charge on any atom is -0.498 e. The highest BCUT2D eigenvalue weighted by atomic mass is 16.5. The van der Waals surface area contributed by atoms with E-state index < -0.39 is 0 Å². The van der Waals surface area contributed by atoms with Crippen LogP contribution in [-0.2, 0) is 9.47 Å². The molecule has 0 unspecified atom stereocenters. The lowest BCUT2D eigenvalue weighted by molar-refractivity contribution is 0.213. The van der Waals surface area contributed by atoms with E-state index in [-0.39, 0.29) is 0 Å². The molecule has 0 aliphatic carbocycles. The highest BCUT2D eigenvalue weighted by Crippen LogP contribution is 2.19. The summed E-state index contributed by atoms with van der Waals surface area (Å²) in [5.41, 5.74) is 0. The molecule has 1 aliphatic heterocycles. The van der Waals surface area contributed by atoms with Gasteiger partial charge in [0, 0.05) is 6.42 Å². The van der Waals surface area contributed by atoms with Gasteiger partial charge in [0.25, 0.3) is 0 Å². The maximum atomic E-state index is 5.26. The molecule has 2 heteroatoms. The zero-order chi connectivity index (χ0) is 6.69. The number of hydrogen-bond donors (Lipinski definition) is 0. The fourth-order valence-electron chi connectivity index (χ4n) is 0.892. The minimum absolute atomic E-state index is 0.857. The van der Waals surface area contributed by atoms with Crippen molar-refractivity contribution in [3.05, 3.63) is 11.5 Å². The molecular formula is C7H12O2. The molecule has 0 aromatic heterocycles. The molecule has 0 amide bonds. The van der Waals surface area contributed by atoms with E-state index in [2.05, 4.69) is 0 Å². The molecule has 0 aromatic rings. The lowest BCUT2D eigenvalue weighted by Crippen LogP contribution is -1.87. The zero-order valence-electron chi connectivity index (χ0n) is 5.94. The van der Waals surface area contributed by atoms with E-state index in [9.17, 15) is 0 Å². The highest BCUT2D eigenvalue weighted by Gasteiger charge is 2.10. The third kappa shape index (κ3) is 1.37. The fourth-order valence-corrected chi connectivity index (χ4v) is 0.892. The molecular weight excluding hydrogens is 116 g/mol. The first-order valence-corrected chi connectivity index (χ1v) is 3.21. The number of allylic oxidation sites excluding steroid dienone is 2. The zero-order valence-corrected chi connectivity index (χ0v) is 5.94. The van der Waals surface area contributed by atoms with Crippen LogP contribution in [0, 0.1) is 0 Å². The van der Waals surface area contributed by atoms with Crippen LogP contribution in [0.5, 0.6) is 0 Å². The molecule has 0 saturated carbocycles. The average molecular weight is 128 g/mol. The third-order valence-electron chi connectivity index (χ3n) is 1.52. The van der Waals surface area contributed by atoms with Gasteiger partial charge in [0.2, 0.25) is 0 Å². The van der Waals surface area contributed by atoms with Gasteiger partial charge in [-0.15, -0.1) is 0 Å². The van der Waals surface area contributed by atoms with E-state index in [0.29, 0.717) is 0 Å². The summed E-state index contributed by atoms with van der Waals surface area (Å²) in [5, 5.41) is 0. The second-order valence-electron chi connectivity index (χ2n) is 2.14. The topological polar surface area (TPSA) is 18.5 Å². The summed E-state index contributed by atoms with van der Waals surface area (Å²) < 4.78 is 10.2. The number of rotatable bonds is 1. The summed E-state index contributed by atoms with van der Waals surface area (Å²) in [6.45, 7) is 2.79. The van der Waals surface area contributed by atoms with Gasteiger partial charge in [-0.1, -0.05) is 0 Å². The van der Waals surface area contributed by atoms with Crippen molar-refractivity contribution in [2.75, 3.05) is 13.7 Å². The largest absolute Gasteiger partial charge is 0.498 e. The predicted octanol–water partition coefficient (Wildman–Crippen LogP) is 1.67. The Morgan fingerprint density at radius 3 is 2.89 bits per heavy atom. The van der Waals surface area contributed by atoms with Crippen molar-refractivity contribution >= 4 is 0 Å². The summed E-state index contributed by atoms with van der Waals surface area (Å²) in [6.07, 6.45) is 2.18. The Labute approximate surface area is 55.5 Å². The van der Waals surface area contributed by atoms with E-state index in [0.717, 1.165) is 31.0 Å². The van der Waals surface area contributed by atoms with Gasteiger partial charge in [-0.3, -0.25) is 0 Å². The van der Waals surface area contributed by atoms with Gasteiger partial charge >= 0.3 is 0 Å². The molecule has 0 atom stereocenters. The average Bonchev–Trinajstić information content (AvgIpc) is 2.37. The van der Waals surface area contributed by atoms with E-state index in [4.69, 9.17) is 9.47 Å². The molecule has 0 aromatic carbocycles. The smallest absolute Gasteiger partial charge is 0.133 e. The van der Waals surface area contributed by atoms with Gasteiger partial charge in [-0.05, 0) is 13.3 Å². The number of hydrogen-bond acceptors (Lipinski definition) is 2. The summed E-state index contributed by atoms with van der Waals surface area (Å²) >= 11 is 0. The first kappa shape index (κ1) is 6.46. The summed E-state index contributed by atoms with van der Waals surface area (Å²) in [7, 11) is 1.67. The summed E-state index contributed by atoms with van der Waals surface area (Å²) in [4.78, 5) is 0. The Balaban J connectivity index is 2.55. The van der Waals surface area contributed by atoms with Crippen molar-refractivity contribution in [1.82, 2.24) is 0 Å². The van der Waals surface area contributed by atoms with Crippen LogP contribution in [0.2, 0.25) is 0 Å². The Morgan fingerprint density at radius 1 is 1.67 bits per heavy atom. The first-order valence-electron chi connectivity index (χ1n) is 3.21. The van der Waals surface area contributed by atoms with Crippen LogP contribution >= 0.6 is 0 Å². The van der Waals surface area contributed by atoms with Crippen LogP contribution in [0.4, 0.5) is 0 Å². The first-order chi connectivity index (χ1) is 4.34. The molecule has 1 aliphatic rings. The monoisotopic (exact) mass is 128 g/mol. The Kier molecular flexibility index (Phi) is 1.98. The Morgan fingerprint density at radius 2 is 2.44 bits per heavy atom. The fraction of sp³-hybridized carbons (Fsp3) is 0.714. The van der Waals surface area contributed by atoms with E-state index in [1.165, 1.54) is 0 Å². The lowest BCUT2D eigenvalue weighted by atomic mass is 10.3. The van der Waals surface area contributed by atoms with Gasteiger partial charge in [0.1, 0.15) is 11.5 Å². The van der Waals surface area contributed by atoms with Crippen LogP contribution in [0.3, 0.4) is 0 Å². The van der Waals surface area contributed by atoms with E-state index >= 15 is 0 Å². The molecule has 0 bridgehead atoms. The molecule has 1 heterocycles. The molecule has 1 fully saturated rings. The molecule has 9 heavy (non-hydrogen) atoms. The van der Waals surface area contributed by atoms with Crippen molar-refractivity contribution < 1.29 is 9.47 Å². The van der Waals surface area contributed by atoms with Gasteiger partial charge in [0.15, 0.2) is 0 Å². The van der Waals surface area contributed by atoms with E-state index in [1.807, 2.05) is 6.92 Å². The van der Waals surface area contributed by atoms with Gasteiger partial charge < -0.3 is 9.47 Å². The molecule has 52 valence electrons. The van der Waals surface area contributed by atoms with Crippen molar-refractivity contribution in [2.24, 2.45) is 0 Å². The lowest BCUT2D eigenvalue weighted by Gasteiger charge is -2.02. The van der Waals surface area contributed by atoms with Crippen LogP contribution < -0.4 is 0 Å². The quantitative estimate of drug-likeness (QED) is 0.500. The minimum atomic E-state index is 0.857. The normalized spacial score (nSPS) is 23.3. The van der Waals surface area contributed by atoms with Gasteiger partial charge in [0.05, 0.1) is 13.7 Å². The van der Waals surface area contributed by atoms with Crippen LogP contribution in [-0.4, -0.2) is 13.7 Å². The molecule has 0 spiro atoms. The van der Waals surface area contributed by atoms with E-state index in [1.54, 1.807) is 7.11 Å². The number of methoxy groups -OCH3 is 1. The van der Waals surface area contributed by atoms with Crippen LogP contribution in [0.15, 0.2) is 11.5 Å². The molecule has 0 radical (unpaired) electrons. The molecule has 1 rings (SSSR count). The Bertz CT molecular complexity index is 119.